The molecular weight excluding hydrogens is 723 g/mol. The third-order valence-corrected chi connectivity index (χ3v) is 18.5. The van der Waals surface area contributed by atoms with E-state index < -0.39 is 8.07 Å². The number of rotatable bonds is 29. The maximum Gasteiger partial charge on any atom is 0.305 e. The average molecular weight is 798 g/mol. The van der Waals surface area contributed by atoms with Crippen LogP contribution in [0.25, 0.3) is 11.2 Å². The summed E-state index contributed by atoms with van der Waals surface area (Å²) in [6.45, 7) is 9.88. The van der Waals surface area contributed by atoms with E-state index >= 15 is 0 Å². The molecule has 0 aliphatic heterocycles. The minimum Gasteiger partial charge on any atom is -0.465 e. The summed E-state index contributed by atoms with van der Waals surface area (Å²) in [5.41, 5.74) is 6.75. The molecule has 1 unspecified atom stereocenters. The molecule has 314 valence electrons. The standard InChI is InChI=1S/C48H75N5O3Si/c1-5-6-7-8-9-10-11-12-13-14-15-16-17-18-19-20-21-22-29-34-43(54)56-38-40(37-53-46(55)44-45(51-39-50-44)52-47(53)49)35-36-57(48(2,3)4,41-30-25-23-26-31-41)42-32-27-24-28-33-42/h23-28,30-33,39-40H,5-22,29,34-38H2,1-4H3,(H2,49,52)(H,50,51). The third kappa shape index (κ3) is 14.6. The van der Waals surface area contributed by atoms with Crippen LogP contribution in [-0.2, 0) is 16.1 Å². The minimum absolute atomic E-state index is 0.0183. The molecule has 4 aromatic rings. The molecule has 4 rings (SSSR count). The maximum atomic E-state index is 13.6. The smallest absolute Gasteiger partial charge is 0.305 e. The zero-order valence-corrected chi connectivity index (χ0v) is 37.0. The Bertz CT molecular complexity index is 1710. The van der Waals surface area contributed by atoms with Crippen LogP contribution >= 0.6 is 0 Å². The van der Waals surface area contributed by atoms with Crippen LogP contribution in [0.2, 0.25) is 11.1 Å². The molecule has 0 saturated carbocycles. The van der Waals surface area contributed by atoms with Gasteiger partial charge in [0.25, 0.3) is 5.56 Å². The fourth-order valence-electron chi connectivity index (χ4n) is 8.79. The number of esters is 1. The normalized spacial score (nSPS) is 12.6. The van der Waals surface area contributed by atoms with Crippen LogP contribution in [0.4, 0.5) is 5.95 Å². The first-order chi connectivity index (χ1) is 27.7. The fraction of sp³-hybridized carbons (Fsp3) is 0.625. The molecule has 0 radical (unpaired) electrons. The van der Waals surface area contributed by atoms with Gasteiger partial charge in [0.05, 0.1) is 12.9 Å². The van der Waals surface area contributed by atoms with Crippen LogP contribution in [0.3, 0.4) is 0 Å². The fourth-order valence-corrected chi connectivity index (χ4v) is 14.5. The molecular formula is C48H75N5O3Si. The number of ether oxygens (including phenoxy) is 1. The molecule has 1 atom stereocenters. The maximum absolute atomic E-state index is 13.6. The van der Waals surface area contributed by atoms with Crippen molar-refractivity contribution in [2.24, 2.45) is 5.92 Å². The largest absolute Gasteiger partial charge is 0.465 e. The number of fused-ring (bicyclic) bond motifs is 1. The number of aromatic amines is 1. The van der Waals surface area contributed by atoms with Gasteiger partial charge in [-0.3, -0.25) is 14.2 Å². The van der Waals surface area contributed by atoms with E-state index in [2.05, 4.69) is 103 Å². The zero-order chi connectivity index (χ0) is 40.8. The summed E-state index contributed by atoms with van der Waals surface area (Å²) >= 11 is 0. The van der Waals surface area contributed by atoms with Gasteiger partial charge in [0, 0.05) is 18.9 Å². The van der Waals surface area contributed by atoms with Crippen LogP contribution in [-0.4, -0.2) is 40.2 Å². The number of nitrogens with zero attached hydrogens (tertiary/aromatic N) is 3. The molecule has 57 heavy (non-hydrogen) atoms. The number of carbonyl (C=O) groups excluding carboxylic acids is 1. The molecule has 0 aliphatic rings. The van der Waals surface area contributed by atoms with Gasteiger partial charge in [-0.25, -0.2) is 4.98 Å². The molecule has 2 aromatic heterocycles. The number of nitrogens with one attached hydrogen (secondary N) is 1. The van der Waals surface area contributed by atoms with Gasteiger partial charge >= 0.3 is 5.97 Å². The van der Waals surface area contributed by atoms with Crippen molar-refractivity contribution in [2.45, 2.75) is 180 Å². The molecule has 0 amide bonds. The van der Waals surface area contributed by atoms with E-state index in [0.29, 0.717) is 24.1 Å². The Morgan fingerprint density at radius 1 is 0.754 bits per heavy atom. The number of carbonyl (C=O) groups is 1. The van der Waals surface area contributed by atoms with E-state index in [0.717, 1.165) is 31.7 Å². The molecule has 2 heterocycles. The van der Waals surface area contributed by atoms with Crippen molar-refractivity contribution in [1.82, 2.24) is 19.5 Å². The number of benzene rings is 2. The Morgan fingerprint density at radius 3 is 1.70 bits per heavy atom. The topological polar surface area (TPSA) is 116 Å². The quantitative estimate of drug-likeness (QED) is 0.0321. The zero-order valence-electron chi connectivity index (χ0n) is 36.0. The second kappa shape index (κ2) is 24.9. The van der Waals surface area contributed by atoms with Crippen LogP contribution < -0.4 is 21.7 Å². The first-order valence-corrected chi connectivity index (χ1v) is 24.8. The minimum atomic E-state index is -2.40. The van der Waals surface area contributed by atoms with Crippen molar-refractivity contribution in [3.05, 3.63) is 77.3 Å². The predicted molar refractivity (Wildman–Crippen MR) is 242 cm³/mol. The SMILES string of the molecule is CCCCCCCCCCCCCCCCCCCCCC(=O)OCC(CC[Si](c1ccccc1)(c1ccccc1)C(C)(C)C)Cn1c(N)nc2nc[nH]c2c1=O. The summed E-state index contributed by atoms with van der Waals surface area (Å²) in [6.07, 6.45) is 27.8. The van der Waals surface area contributed by atoms with E-state index in [-0.39, 0.29) is 35.0 Å². The number of hydrogen-bond donors (Lipinski definition) is 2. The molecule has 0 fully saturated rings. The van der Waals surface area contributed by atoms with Gasteiger partial charge in [0.15, 0.2) is 11.2 Å². The lowest BCUT2D eigenvalue weighted by molar-refractivity contribution is -0.145. The first-order valence-electron chi connectivity index (χ1n) is 22.6. The second-order valence-electron chi connectivity index (χ2n) is 17.6. The molecule has 0 bridgehead atoms. The molecule has 0 aliphatic carbocycles. The highest BCUT2D eigenvalue weighted by molar-refractivity contribution is 7.04. The van der Waals surface area contributed by atoms with Crippen LogP contribution in [0.15, 0.2) is 71.8 Å². The summed E-state index contributed by atoms with van der Waals surface area (Å²) in [5.74, 6) is -0.182. The Hall–Kier alpha value is -3.72. The number of nitrogens with two attached hydrogens (primary N) is 1. The number of H-pyrrole nitrogens is 1. The van der Waals surface area contributed by atoms with E-state index in [9.17, 15) is 9.59 Å². The predicted octanol–water partition coefficient (Wildman–Crippen LogP) is 11.1. The molecule has 3 N–H and O–H groups in total. The van der Waals surface area contributed by atoms with Gasteiger partial charge in [-0.05, 0) is 23.9 Å². The van der Waals surface area contributed by atoms with Gasteiger partial charge < -0.3 is 15.5 Å². The van der Waals surface area contributed by atoms with Crippen molar-refractivity contribution >= 4 is 41.5 Å². The Kier molecular flexibility index (Phi) is 20.1. The highest BCUT2D eigenvalue weighted by atomic mass is 28.3. The van der Waals surface area contributed by atoms with Crippen molar-refractivity contribution < 1.29 is 9.53 Å². The molecule has 0 spiro atoms. The van der Waals surface area contributed by atoms with E-state index in [4.69, 9.17) is 10.5 Å². The van der Waals surface area contributed by atoms with Gasteiger partial charge in [-0.1, -0.05) is 214 Å². The lowest BCUT2D eigenvalue weighted by Crippen LogP contribution is -2.64. The Balaban J connectivity index is 1.24. The monoisotopic (exact) mass is 798 g/mol. The van der Waals surface area contributed by atoms with E-state index in [1.165, 1.54) is 124 Å². The van der Waals surface area contributed by atoms with Gasteiger partial charge in [-0.15, -0.1) is 0 Å². The van der Waals surface area contributed by atoms with Gasteiger partial charge in [-0.2, -0.15) is 4.98 Å². The van der Waals surface area contributed by atoms with Crippen molar-refractivity contribution in [1.29, 1.82) is 0 Å². The highest BCUT2D eigenvalue weighted by Gasteiger charge is 2.47. The number of unbranched alkanes of at least 4 members (excludes halogenated alkanes) is 18. The number of hydrogen-bond acceptors (Lipinski definition) is 6. The summed E-state index contributed by atoms with van der Waals surface area (Å²) < 4.78 is 7.52. The van der Waals surface area contributed by atoms with Crippen molar-refractivity contribution in [3.63, 3.8) is 0 Å². The van der Waals surface area contributed by atoms with E-state index in [1.54, 1.807) is 0 Å². The highest BCUT2D eigenvalue weighted by Crippen LogP contribution is 2.40. The number of imidazole rings is 1. The third-order valence-electron chi connectivity index (χ3n) is 12.2. The van der Waals surface area contributed by atoms with Crippen LogP contribution in [0, 0.1) is 5.92 Å². The molecule has 0 saturated heterocycles. The number of anilines is 1. The van der Waals surface area contributed by atoms with Crippen LogP contribution in [0.1, 0.15) is 163 Å². The van der Waals surface area contributed by atoms with Crippen molar-refractivity contribution in [2.75, 3.05) is 12.3 Å². The van der Waals surface area contributed by atoms with E-state index in [1.807, 2.05) is 0 Å². The Labute approximate surface area is 345 Å². The van der Waals surface area contributed by atoms with Crippen molar-refractivity contribution in [3.8, 4) is 0 Å². The second-order valence-corrected chi connectivity index (χ2v) is 22.5. The average Bonchev–Trinajstić information content (AvgIpc) is 3.68. The summed E-state index contributed by atoms with van der Waals surface area (Å²) in [7, 11) is -2.40. The Morgan fingerprint density at radius 2 is 1.23 bits per heavy atom. The van der Waals surface area contributed by atoms with Crippen LogP contribution in [0.5, 0.6) is 0 Å². The summed E-state index contributed by atoms with van der Waals surface area (Å²) in [6, 6.07) is 22.7. The molecule has 2 aromatic carbocycles. The lowest BCUT2D eigenvalue weighted by Gasteiger charge is -2.45. The summed E-state index contributed by atoms with van der Waals surface area (Å²) in [5, 5.41) is 2.73. The molecule has 8 nitrogen and oxygen atoms in total. The lowest BCUT2D eigenvalue weighted by atomic mass is 10.0. The molecule has 9 heteroatoms. The van der Waals surface area contributed by atoms with Gasteiger partial charge in [0.2, 0.25) is 5.95 Å². The number of nitrogen functional groups attached to an aromatic ring is 1. The summed E-state index contributed by atoms with van der Waals surface area (Å²) in [4.78, 5) is 38.2. The first kappa shape index (κ1) is 46.0. The van der Waals surface area contributed by atoms with Gasteiger partial charge in [0.1, 0.15) is 8.07 Å². The number of aromatic nitrogens is 4.